The van der Waals surface area contributed by atoms with Crippen LogP contribution < -0.4 is 0 Å². The Balaban J connectivity index is 2.30. The molecule has 1 atom stereocenters. The average Bonchev–Trinajstić information content (AvgIpc) is 2.24. The quantitative estimate of drug-likeness (QED) is 0.703. The van der Waals surface area contributed by atoms with Crippen molar-refractivity contribution >= 4 is 5.97 Å². The monoisotopic (exact) mass is 229 g/mol. The van der Waals surface area contributed by atoms with Crippen molar-refractivity contribution in [2.24, 2.45) is 5.41 Å². The lowest BCUT2D eigenvalue weighted by atomic mass is 9.82. The third kappa shape index (κ3) is 3.76. The van der Waals surface area contributed by atoms with Crippen LogP contribution in [0.25, 0.3) is 0 Å². The van der Waals surface area contributed by atoms with Crippen LogP contribution in [0.5, 0.6) is 0 Å². The zero-order valence-corrected chi connectivity index (χ0v) is 10.4. The molecule has 1 heterocycles. The fraction of sp³-hybridized carbons (Fsp3) is 0.917. The van der Waals surface area contributed by atoms with E-state index in [4.69, 9.17) is 4.74 Å². The summed E-state index contributed by atoms with van der Waals surface area (Å²) in [4.78, 5) is 13.4. The maximum absolute atomic E-state index is 11.1. The van der Waals surface area contributed by atoms with Gasteiger partial charge in [-0.05, 0) is 39.7 Å². The van der Waals surface area contributed by atoms with E-state index >= 15 is 0 Å². The molecule has 4 heteroatoms. The molecule has 0 amide bonds. The van der Waals surface area contributed by atoms with Crippen molar-refractivity contribution in [3.8, 4) is 0 Å². The van der Waals surface area contributed by atoms with Crippen LogP contribution in [0.3, 0.4) is 0 Å². The van der Waals surface area contributed by atoms with Gasteiger partial charge in [0.15, 0.2) is 0 Å². The Labute approximate surface area is 97.6 Å². The van der Waals surface area contributed by atoms with Crippen LogP contribution in [-0.4, -0.2) is 48.8 Å². The number of hydrogen-bond donors (Lipinski definition) is 1. The summed E-state index contributed by atoms with van der Waals surface area (Å²) in [6.07, 6.45) is 2.77. The Bertz CT molecular complexity index is 232. The van der Waals surface area contributed by atoms with E-state index in [9.17, 15) is 9.90 Å². The minimum Gasteiger partial charge on any atom is -0.481 e. The highest BCUT2D eigenvalue weighted by Gasteiger charge is 2.37. The molecule has 1 N–H and O–H groups in total. The normalized spacial score (nSPS) is 26.9. The van der Waals surface area contributed by atoms with E-state index in [1.54, 1.807) is 0 Å². The number of ether oxygens (including phenoxy) is 1. The maximum atomic E-state index is 11.1. The predicted molar refractivity (Wildman–Crippen MR) is 62.5 cm³/mol. The molecule has 0 radical (unpaired) electrons. The summed E-state index contributed by atoms with van der Waals surface area (Å²) in [5.74, 6) is -0.665. The predicted octanol–water partition coefficient (Wildman–Crippen LogP) is 1.60. The lowest BCUT2D eigenvalue weighted by Crippen LogP contribution is -2.46. The van der Waals surface area contributed by atoms with E-state index < -0.39 is 11.4 Å². The van der Waals surface area contributed by atoms with Crippen molar-refractivity contribution < 1.29 is 14.6 Å². The van der Waals surface area contributed by atoms with E-state index in [0.717, 1.165) is 45.6 Å². The van der Waals surface area contributed by atoms with Crippen LogP contribution in [-0.2, 0) is 9.53 Å². The van der Waals surface area contributed by atoms with Crippen LogP contribution in [0.1, 0.15) is 33.1 Å². The minimum atomic E-state index is -0.665. The summed E-state index contributed by atoms with van der Waals surface area (Å²) in [6, 6.07) is 0. The lowest BCUT2D eigenvalue weighted by molar-refractivity contribution is -0.151. The van der Waals surface area contributed by atoms with E-state index in [1.165, 1.54) is 0 Å². The van der Waals surface area contributed by atoms with Crippen molar-refractivity contribution in [3.05, 3.63) is 0 Å². The minimum absolute atomic E-state index is 0.552. The second-order valence-corrected chi connectivity index (χ2v) is 4.80. The molecule has 0 saturated carbocycles. The van der Waals surface area contributed by atoms with Crippen molar-refractivity contribution in [1.29, 1.82) is 0 Å². The first-order chi connectivity index (χ1) is 7.58. The largest absolute Gasteiger partial charge is 0.481 e. The molecule has 1 aliphatic heterocycles. The summed E-state index contributed by atoms with van der Waals surface area (Å²) < 4.78 is 5.28. The standard InChI is InChI=1S/C12H23NO3/c1-3-16-9-5-8-13-7-4-6-12(2,10-13)11(14)15/h3-10H2,1-2H3,(H,14,15). The van der Waals surface area contributed by atoms with E-state index in [2.05, 4.69) is 4.90 Å². The Morgan fingerprint density at radius 1 is 1.56 bits per heavy atom. The number of hydrogen-bond acceptors (Lipinski definition) is 3. The van der Waals surface area contributed by atoms with E-state index in [-0.39, 0.29) is 0 Å². The van der Waals surface area contributed by atoms with Gasteiger partial charge in [-0.3, -0.25) is 4.79 Å². The van der Waals surface area contributed by atoms with Gasteiger partial charge in [0.25, 0.3) is 0 Å². The van der Waals surface area contributed by atoms with Crippen LogP contribution >= 0.6 is 0 Å². The highest BCUT2D eigenvalue weighted by atomic mass is 16.5. The van der Waals surface area contributed by atoms with Gasteiger partial charge in [-0.15, -0.1) is 0 Å². The van der Waals surface area contributed by atoms with Crippen molar-refractivity contribution in [1.82, 2.24) is 4.90 Å². The number of carbonyl (C=O) groups is 1. The Hall–Kier alpha value is -0.610. The molecule has 0 aromatic carbocycles. The molecule has 0 aromatic rings. The van der Waals surface area contributed by atoms with Crippen LogP contribution in [0.15, 0.2) is 0 Å². The Kier molecular flexibility index (Phi) is 5.22. The van der Waals surface area contributed by atoms with Crippen LogP contribution in [0.4, 0.5) is 0 Å². The average molecular weight is 229 g/mol. The van der Waals surface area contributed by atoms with E-state index in [1.807, 2.05) is 13.8 Å². The van der Waals surface area contributed by atoms with Gasteiger partial charge in [0.1, 0.15) is 0 Å². The third-order valence-corrected chi connectivity index (χ3v) is 3.26. The fourth-order valence-corrected chi connectivity index (χ4v) is 2.24. The number of nitrogens with zero attached hydrogens (tertiary/aromatic N) is 1. The first-order valence-corrected chi connectivity index (χ1v) is 6.12. The first kappa shape index (κ1) is 13.5. The number of carboxylic acid groups (broad SMARTS) is 1. The molecule has 0 aromatic heterocycles. The van der Waals surface area contributed by atoms with E-state index in [0.29, 0.717) is 6.54 Å². The first-order valence-electron chi connectivity index (χ1n) is 6.12. The molecule has 1 fully saturated rings. The third-order valence-electron chi connectivity index (χ3n) is 3.26. The summed E-state index contributed by atoms with van der Waals surface area (Å²) >= 11 is 0. The molecule has 1 aliphatic rings. The zero-order valence-electron chi connectivity index (χ0n) is 10.4. The summed E-state index contributed by atoms with van der Waals surface area (Å²) in [6.45, 7) is 8.02. The SMILES string of the molecule is CCOCCCN1CCCC(C)(C(=O)O)C1. The molecule has 1 saturated heterocycles. The smallest absolute Gasteiger partial charge is 0.310 e. The Morgan fingerprint density at radius 3 is 2.94 bits per heavy atom. The molecule has 0 bridgehead atoms. The number of aliphatic carboxylic acids is 1. The number of piperidine rings is 1. The Morgan fingerprint density at radius 2 is 2.31 bits per heavy atom. The molecule has 94 valence electrons. The number of rotatable bonds is 6. The molecule has 0 aliphatic carbocycles. The van der Waals surface area contributed by atoms with Crippen LogP contribution in [0, 0.1) is 5.41 Å². The van der Waals surface area contributed by atoms with Gasteiger partial charge in [0.2, 0.25) is 0 Å². The summed E-state index contributed by atoms with van der Waals surface area (Å²) in [5, 5.41) is 9.17. The molecular weight excluding hydrogens is 206 g/mol. The second kappa shape index (κ2) is 6.21. The molecule has 16 heavy (non-hydrogen) atoms. The van der Waals surface area contributed by atoms with Crippen LogP contribution in [0.2, 0.25) is 0 Å². The summed E-state index contributed by atoms with van der Waals surface area (Å²) in [5.41, 5.74) is -0.552. The van der Waals surface area contributed by atoms with Gasteiger partial charge in [-0.1, -0.05) is 0 Å². The highest BCUT2D eigenvalue weighted by Crippen LogP contribution is 2.29. The van der Waals surface area contributed by atoms with Crippen molar-refractivity contribution in [3.63, 3.8) is 0 Å². The van der Waals surface area contributed by atoms with Gasteiger partial charge >= 0.3 is 5.97 Å². The van der Waals surface area contributed by atoms with Crippen molar-refractivity contribution in [2.75, 3.05) is 32.8 Å². The second-order valence-electron chi connectivity index (χ2n) is 4.80. The number of carboxylic acids is 1. The van der Waals surface area contributed by atoms with Gasteiger partial charge in [0.05, 0.1) is 5.41 Å². The van der Waals surface area contributed by atoms with Crippen molar-refractivity contribution in [2.45, 2.75) is 33.1 Å². The summed E-state index contributed by atoms with van der Waals surface area (Å²) in [7, 11) is 0. The van der Waals surface area contributed by atoms with Gasteiger partial charge in [-0.2, -0.15) is 0 Å². The van der Waals surface area contributed by atoms with Gasteiger partial charge < -0.3 is 14.7 Å². The lowest BCUT2D eigenvalue weighted by Gasteiger charge is -2.37. The highest BCUT2D eigenvalue weighted by molar-refractivity contribution is 5.74. The maximum Gasteiger partial charge on any atom is 0.310 e. The molecule has 1 rings (SSSR count). The fourth-order valence-electron chi connectivity index (χ4n) is 2.24. The topological polar surface area (TPSA) is 49.8 Å². The van der Waals surface area contributed by atoms with Gasteiger partial charge in [0, 0.05) is 26.3 Å². The molecule has 1 unspecified atom stereocenters. The molecule has 0 spiro atoms. The number of likely N-dealkylation sites (tertiary alicyclic amines) is 1. The van der Waals surface area contributed by atoms with Gasteiger partial charge in [-0.25, -0.2) is 0 Å². The molecular formula is C12H23NO3. The zero-order chi connectivity index (χ0) is 12.0. The molecule has 4 nitrogen and oxygen atoms in total.